The molecular weight excluding hydrogens is 452 g/mol. The van der Waals surface area contributed by atoms with E-state index in [0.29, 0.717) is 19.4 Å². The highest BCUT2D eigenvalue weighted by atomic mass is 79.9. The molecule has 3 heterocycles. The third-order valence-electron chi connectivity index (χ3n) is 4.58. The lowest BCUT2D eigenvalue weighted by Crippen LogP contribution is -2.44. The number of sulfonamides is 1. The van der Waals surface area contributed by atoms with Crippen LogP contribution >= 0.6 is 27.3 Å². The van der Waals surface area contributed by atoms with E-state index in [9.17, 15) is 13.2 Å². The molecule has 7 nitrogen and oxygen atoms in total. The van der Waals surface area contributed by atoms with Crippen molar-refractivity contribution in [1.82, 2.24) is 14.0 Å². The van der Waals surface area contributed by atoms with Crippen molar-refractivity contribution in [3.63, 3.8) is 0 Å². The Morgan fingerprint density at radius 2 is 2.07 bits per heavy atom. The Kier molecular flexibility index (Phi) is 5.06. The minimum Gasteiger partial charge on any atom is -0.273 e. The lowest BCUT2D eigenvalue weighted by atomic mass is 9.99. The van der Waals surface area contributed by atoms with Crippen LogP contribution in [-0.4, -0.2) is 41.4 Å². The molecule has 1 N–H and O–H groups in total. The number of imidazole rings is 1. The van der Waals surface area contributed by atoms with Crippen LogP contribution in [0.15, 0.2) is 50.7 Å². The highest BCUT2D eigenvalue weighted by molar-refractivity contribution is 9.11. The highest BCUT2D eigenvalue weighted by Gasteiger charge is 2.34. The van der Waals surface area contributed by atoms with Crippen LogP contribution in [0.3, 0.4) is 0 Å². The summed E-state index contributed by atoms with van der Waals surface area (Å²) in [4.78, 5) is 17.0. The molecule has 27 heavy (non-hydrogen) atoms. The fourth-order valence-corrected chi connectivity index (χ4v) is 6.88. The summed E-state index contributed by atoms with van der Waals surface area (Å²) >= 11 is 4.48. The molecule has 1 unspecified atom stereocenters. The maximum atomic E-state index is 12.8. The van der Waals surface area contributed by atoms with Gasteiger partial charge in [0.1, 0.15) is 10.5 Å². The molecule has 1 amide bonds. The third kappa shape index (κ3) is 3.66. The summed E-state index contributed by atoms with van der Waals surface area (Å²) in [5, 5.41) is 0. The number of aromatic nitrogens is 2. The van der Waals surface area contributed by atoms with Gasteiger partial charge in [0.15, 0.2) is 0 Å². The fourth-order valence-electron chi connectivity index (χ4n) is 3.20. The summed E-state index contributed by atoms with van der Waals surface area (Å²) in [6, 6.07) is 10.8. The number of hydrogen-bond donors (Lipinski definition) is 1. The van der Waals surface area contributed by atoms with Gasteiger partial charge in [-0.25, -0.2) is 18.1 Å². The van der Waals surface area contributed by atoms with Gasteiger partial charge in [-0.05, 0) is 53.0 Å². The monoisotopic (exact) mass is 468 g/mol. The number of amides is 1. The fraction of sp³-hybridized carbons (Fsp3) is 0.294. The number of hydrogen-bond acceptors (Lipinski definition) is 5. The Balaban J connectivity index is 1.50. The average molecular weight is 469 g/mol. The molecule has 1 atom stereocenters. The van der Waals surface area contributed by atoms with Crippen LogP contribution < -0.4 is 5.43 Å². The predicted octanol–water partition coefficient (Wildman–Crippen LogP) is 3.03. The van der Waals surface area contributed by atoms with Gasteiger partial charge >= 0.3 is 0 Å². The second-order valence-corrected chi connectivity index (χ2v) is 11.0. The smallest absolute Gasteiger partial charge is 0.252 e. The standard InChI is InChI=1S/C17H17BrN4O3S2/c18-15-7-8-16(26-15)27(24,25)21-9-3-4-12(10-21)17(23)20-22-11-19-13-5-1-2-6-14(13)22/h1-2,5-8,11-12H,3-4,9-10H2,(H,20,23). The van der Waals surface area contributed by atoms with Crippen LogP contribution in [0.5, 0.6) is 0 Å². The van der Waals surface area contributed by atoms with E-state index in [4.69, 9.17) is 0 Å². The second-order valence-electron chi connectivity index (χ2n) is 6.34. The van der Waals surface area contributed by atoms with E-state index in [-0.39, 0.29) is 16.7 Å². The SMILES string of the molecule is O=C(Nn1cnc2ccccc21)C1CCCN(S(=O)(=O)c2ccc(Br)s2)C1. The molecule has 1 aliphatic heterocycles. The molecular formula is C17H17BrN4O3S2. The van der Waals surface area contributed by atoms with Crippen LogP contribution in [0.1, 0.15) is 12.8 Å². The first-order chi connectivity index (χ1) is 12.9. The van der Waals surface area contributed by atoms with Gasteiger partial charge in [0.05, 0.1) is 20.7 Å². The maximum absolute atomic E-state index is 12.8. The Morgan fingerprint density at radius 3 is 2.85 bits per heavy atom. The molecule has 0 aliphatic carbocycles. The van der Waals surface area contributed by atoms with Crippen molar-refractivity contribution in [2.24, 2.45) is 5.92 Å². The van der Waals surface area contributed by atoms with Gasteiger partial charge < -0.3 is 0 Å². The van der Waals surface area contributed by atoms with Gasteiger partial charge in [0, 0.05) is 13.1 Å². The van der Waals surface area contributed by atoms with Crippen LogP contribution in [0, 0.1) is 5.92 Å². The van der Waals surface area contributed by atoms with E-state index in [1.54, 1.807) is 23.1 Å². The van der Waals surface area contributed by atoms with Gasteiger partial charge in [-0.15, -0.1) is 11.3 Å². The van der Waals surface area contributed by atoms with Crippen LogP contribution in [0.4, 0.5) is 0 Å². The van der Waals surface area contributed by atoms with E-state index >= 15 is 0 Å². The summed E-state index contributed by atoms with van der Waals surface area (Å²) in [5.74, 6) is -0.608. The number of thiophene rings is 1. The average Bonchev–Trinajstić information content (AvgIpc) is 3.29. The van der Waals surface area contributed by atoms with E-state index in [2.05, 4.69) is 26.3 Å². The Hall–Kier alpha value is -1.75. The largest absolute Gasteiger partial charge is 0.273 e. The zero-order valence-electron chi connectivity index (χ0n) is 14.2. The molecule has 1 saturated heterocycles. The summed E-state index contributed by atoms with van der Waals surface area (Å²) in [6.07, 6.45) is 2.86. The molecule has 0 saturated carbocycles. The molecule has 1 aliphatic rings. The van der Waals surface area contributed by atoms with Crippen LogP contribution in [0.2, 0.25) is 0 Å². The van der Waals surface area contributed by atoms with Crippen molar-refractivity contribution >= 4 is 54.2 Å². The molecule has 142 valence electrons. The van der Waals surface area contributed by atoms with E-state index in [1.807, 2.05) is 24.3 Å². The van der Waals surface area contributed by atoms with Gasteiger partial charge in [-0.2, -0.15) is 4.31 Å². The molecule has 0 spiro atoms. The van der Waals surface area contributed by atoms with Crippen LogP contribution in [-0.2, 0) is 14.8 Å². The van der Waals surface area contributed by atoms with Crippen LogP contribution in [0.25, 0.3) is 11.0 Å². The Bertz CT molecular complexity index is 1090. The zero-order chi connectivity index (χ0) is 19.0. The number of nitrogens with zero attached hydrogens (tertiary/aromatic N) is 3. The number of benzene rings is 1. The molecule has 1 fully saturated rings. The first kappa shape index (κ1) is 18.6. The molecule has 4 rings (SSSR count). The number of fused-ring (bicyclic) bond motifs is 1. The molecule has 0 bridgehead atoms. The Labute approximate surface area is 169 Å². The van der Waals surface area contributed by atoms with E-state index in [0.717, 1.165) is 14.8 Å². The molecule has 3 aromatic rings. The number of carbonyl (C=O) groups excluding carboxylic acids is 1. The minimum absolute atomic E-state index is 0.177. The molecule has 0 radical (unpaired) electrons. The lowest BCUT2D eigenvalue weighted by Gasteiger charge is -2.30. The third-order valence-corrected chi connectivity index (χ3v) is 8.54. The van der Waals surface area contributed by atoms with Crippen molar-refractivity contribution in [2.45, 2.75) is 17.1 Å². The first-order valence-electron chi connectivity index (χ1n) is 8.43. The predicted molar refractivity (Wildman–Crippen MR) is 108 cm³/mol. The number of nitrogens with one attached hydrogen (secondary N) is 1. The number of halogens is 1. The molecule has 10 heteroatoms. The maximum Gasteiger partial charge on any atom is 0.252 e. The zero-order valence-corrected chi connectivity index (χ0v) is 17.4. The normalized spacial score (nSPS) is 18.6. The van der Waals surface area contributed by atoms with Crippen molar-refractivity contribution in [3.05, 3.63) is 46.5 Å². The number of piperidine rings is 1. The van der Waals surface area contributed by atoms with E-state index in [1.165, 1.54) is 15.6 Å². The van der Waals surface area contributed by atoms with Gasteiger partial charge in [0.2, 0.25) is 5.91 Å². The van der Waals surface area contributed by atoms with Crippen molar-refractivity contribution in [3.8, 4) is 0 Å². The number of para-hydroxylation sites is 2. The summed E-state index contributed by atoms with van der Waals surface area (Å²) in [7, 11) is -3.58. The number of carbonyl (C=O) groups is 1. The summed E-state index contributed by atoms with van der Waals surface area (Å²) < 4.78 is 29.7. The van der Waals surface area contributed by atoms with Crippen molar-refractivity contribution < 1.29 is 13.2 Å². The quantitative estimate of drug-likeness (QED) is 0.637. The minimum atomic E-state index is -3.58. The first-order valence-corrected chi connectivity index (χ1v) is 11.5. The van der Waals surface area contributed by atoms with Crippen molar-refractivity contribution in [2.75, 3.05) is 18.5 Å². The van der Waals surface area contributed by atoms with Gasteiger partial charge in [-0.1, -0.05) is 12.1 Å². The summed E-state index contributed by atoms with van der Waals surface area (Å²) in [5.41, 5.74) is 4.43. The summed E-state index contributed by atoms with van der Waals surface area (Å²) in [6.45, 7) is 0.603. The second kappa shape index (κ2) is 7.34. The molecule has 2 aromatic heterocycles. The topological polar surface area (TPSA) is 84.3 Å². The highest BCUT2D eigenvalue weighted by Crippen LogP contribution is 2.31. The van der Waals surface area contributed by atoms with Crippen molar-refractivity contribution in [1.29, 1.82) is 0 Å². The van der Waals surface area contributed by atoms with Gasteiger partial charge in [0.25, 0.3) is 10.0 Å². The molecule has 1 aromatic carbocycles. The van der Waals surface area contributed by atoms with E-state index < -0.39 is 15.9 Å². The van der Waals surface area contributed by atoms with Gasteiger partial charge in [-0.3, -0.25) is 10.2 Å². The number of rotatable bonds is 4. The Morgan fingerprint density at radius 1 is 1.26 bits per heavy atom. The lowest BCUT2D eigenvalue weighted by molar-refractivity contribution is -0.121.